The second kappa shape index (κ2) is 6.59. The van der Waals surface area contributed by atoms with Gasteiger partial charge in [-0.15, -0.1) is 0 Å². The van der Waals surface area contributed by atoms with Gasteiger partial charge in [-0.05, 0) is 19.3 Å². The summed E-state index contributed by atoms with van der Waals surface area (Å²) >= 11 is 0. The molecule has 17 heavy (non-hydrogen) atoms. The molecule has 0 saturated heterocycles. The summed E-state index contributed by atoms with van der Waals surface area (Å²) in [4.78, 5) is 23.0. The summed E-state index contributed by atoms with van der Waals surface area (Å²) in [6.45, 7) is 0.440. The van der Waals surface area contributed by atoms with E-state index in [2.05, 4.69) is 5.32 Å². The Kier molecular flexibility index (Phi) is 5.41. The van der Waals surface area contributed by atoms with Gasteiger partial charge in [-0.1, -0.05) is 19.3 Å². The van der Waals surface area contributed by atoms with E-state index in [-0.39, 0.29) is 18.9 Å². The first-order valence-corrected chi connectivity index (χ1v) is 6.22. The van der Waals surface area contributed by atoms with E-state index in [0.717, 1.165) is 19.3 Å². The highest BCUT2D eigenvalue weighted by atomic mass is 16.4. The molecule has 0 aromatic heterocycles. The zero-order chi connectivity index (χ0) is 12.7. The van der Waals surface area contributed by atoms with E-state index >= 15 is 0 Å². The number of nitrogens with one attached hydrogen (secondary N) is 1. The van der Waals surface area contributed by atoms with Crippen LogP contribution in [0.5, 0.6) is 0 Å². The van der Waals surface area contributed by atoms with Gasteiger partial charge in [0.05, 0.1) is 5.41 Å². The van der Waals surface area contributed by atoms with E-state index < -0.39 is 11.4 Å². The summed E-state index contributed by atoms with van der Waals surface area (Å²) in [5.41, 5.74) is -0.860. The van der Waals surface area contributed by atoms with Crippen LogP contribution in [0.15, 0.2) is 0 Å². The van der Waals surface area contributed by atoms with Crippen molar-refractivity contribution in [3.8, 4) is 0 Å². The number of carbonyl (C=O) groups is 2. The van der Waals surface area contributed by atoms with E-state index in [1.54, 1.807) is 0 Å². The average molecular weight is 243 g/mol. The molecule has 3 N–H and O–H groups in total. The van der Waals surface area contributed by atoms with Crippen LogP contribution in [0, 0.1) is 5.41 Å². The minimum absolute atomic E-state index is 0.0321. The Balaban J connectivity index is 2.48. The van der Waals surface area contributed by atoms with Gasteiger partial charge in [-0.3, -0.25) is 9.59 Å². The standard InChI is InChI=1S/C12H21NO4/c14-8-4-7-13-10(15)9-12(11(16)17)5-2-1-3-6-12/h14H,1-9H2,(H,13,15)(H,16,17). The number of aliphatic carboxylic acids is 1. The smallest absolute Gasteiger partial charge is 0.310 e. The SMILES string of the molecule is O=C(CC1(C(=O)O)CCCCC1)NCCCO. The highest BCUT2D eigenvalue weighted by Gasteiger charge is 2.41. The highest BCUT2D eigenvalue weighted by Crippen LogP contribution is 2.39. The second-order valence-electron chi connectivity index (χ2n) is 4.75. The maximum Gasteiger partial charge on any atom is 0.310 e. The van der Waals surface area contributed by atoms with E-state index in [4.69, 9.17) is 5.11 Å². The van der Waals surface area contributed by atoms with Crippen LogP contribution >= 0.6 is 0 Å². The third-order valence-electron chi connectivity index (χ3n) is 3.42. The summed E-state index contributed by atoms with van der Waals surface area (Å²) in [7, 11) is 0. The molecule has 0 aromatic carbocycles. The molecular weight excluding hydrogens is 222 g/mol. The van der Waals surface area contributed by atoms with E-state index in [1.165, 1.54) is 0 Å². The van der Waals surface area contributed by atoms with E-state index in [0.29, 0.717) is 25.8 Å². The van der Waals surface area contributed by atoms with Crippen molar-refractivity contribution >= 4 is 11.9 Å². The number of hydrogen-bond acceptors (Lipinski definition) is 3. The van der Waals surface area contributed by atoms with Gasteiger partial charge in [0.25, 0.3) is 0 Å². The molecule has 1 aliphatic rings. The molecular formula is C12H21NO4. The highest BCUT2D eigenvalue weighted by molar-refractivity contribution is 5.85. The Labute approximate surface area is 101 Å². The molecule has 0 aromatic rings. The van der Waals surface area contributed by atoms with Crippen molar-refractivity contribution in [2.24, 2.45) is 5.41 Å². The van der Waals surface area contributed by atoms with Crippen LogP contribution in [0.2, 0.25) is 0 Å². The quantitative estimate of drug-likeness (QED) is 0.605. The van der Waals surface area contributed by atoms with Crippen molar-refractivity contribution in [3.63, 3.8) is 0 Å². The molecule has 5 heteroatoms. The predicted octanol–water partition coefficient (Wildman–Crippen LogP) is 0.910. The summed E-state index contributed by atoms with van der Waals surface area (Å²) in [6.07, 6.45) is 4.58. The minimum Gasteiger partial charge on any atom is -0.481 e. The molecule has 1 amide bonds. The number of carboxylic acids is 1. The van der Waals surface area contributed by atoms with Gasteiger partial charge in [0.1, 0.15) is 0 Å². The fourth-order valence-electron chi connectivity index (χ4n) is 2.37. The van der Waals surface area contributed by atoms with Crippen molar-refractivity contribution in [2.45, 2.75) is 44.9 Å². The van der Waals surface area contributed by atoms with Gasteiger partial charge in [-0.2, -0.15) is 0 Å². The molecule has 0 atom stereocenters. The van der Waals surface area contributed by atoms with Crippen LogP contribution in [0.25, 0.3) is 0 Å². The molecule has 0 heterocycles. The Morgan fingerprint density at radius 3 is 2.35 bits per heavy atom. The normalized spacial score (nSPS) is 18.6. The lowest BCUT2D eigenvalue weighted by molar-refractivity contribution is -0.154. The lowest BCUT2D eigenvalue weighted by Gasteiger charge is -2.32. The zero-order valence-corrected chi connectivity index (χ0v) is 10.1. The minimum atomic E-state index is -0.860. The summed E-state index contributed by atoms with van der Waals surface area (Å²) in [6, 6.07) is 0. The van der Waals surface area contributed by atoms with E-state index in [9.17, 15) is 14.7 Å². The molecule has 1 rings (SSSR count). The maximum absolute atomic E-state index is 11.6. The Hall–Kier alpha value is -1.10. The fourth-order valence-corrected chi connectivity index (χ4v) is 2.37. The number of amides is 1. The first-order valence-electron chi connectivity index (χ1n) is 6.22. The van der Waals surface area contributed by atoms with Crippen LogP contribution in [0.1, 0.15) is 44.9 Å². The monoisotopic (exact) mass is 243 g/mol. The number of carbonyl (C=O) groups excluding carboxylic acids is 1. The molecule has 0 aliphatic heterocycles. The van der Waals surface area contributed by atoms with Crippen LogP contribution in [-0.4, -0.2) is 35.2 Å². The average Bonchev–Trinajstić information content (AvgIpc) is 2.30. The van der Waals surface area contributed by atoms with Crippen molar-refractivity contribution in [1.82, 2.24) is 5.32 Å². The molecule has 1 saturated carbocycles. The van der Waals surface area contributed by atoms with Crippen molar-refractivity contribution in [1.29, 1.82) is 0 Å². The molecule has 5 nitrogen and oxygen atoms in total. The Bertz CT molecular complexity index is 272. The zero-order valence-electron chi connectivity index (χ0n) is 10.1. The van der Waals surface area contributed by atoms with Crippen molar-refractivity contribution in [2.75, 3.05) is 13.2 Å². The van der Waals surface area contributed by atoms with Gasteiger partial charge in [0.2, 0.25) is 5.91 Å². The Morgan fingerprint density at radius 2 is 1.82 bits per heavy atom. The van der Waals surface area contributed by atoms with Crippen molar-refractivity contribution < 1.29 is 19.8 Å². The molecule has 0 spiro atoms. The van der Waals surface area contributed by atoms with Crippen LogP contribution in [0.4, 0.5) is 0 Å². The molecule has 1 fully saturated rings. The molecule has 1 aliphatic carbocycles. The largest absolute Gasteiger partial charge is 0.481 e. The van der Waals surface area contributed by atoms with Gasteiger partial charge in [0, 0.05) is 19.6 Å². The lowest BCUT2D eigenvalue weighted by Crippen LogP contribution is -2.39. The maximum atomic E-state index is 11.6. The Morgan fingerprint density at radius 1 is 1.18 bits per heavy atom. The molecule has 0 unspecified atom stereocenters. The number of carboxylic acid groups (broad SMARTS) is 1. The third-order valence-corrected chi connectivity index (χ3v) is 3.42. The topological polar surface area (TPSA) is 86.6 Å². The summed E-state index contributed by atoms with van der Waals surface area (Å²) in [5.74, 6) is -1.07. The van der Waals surface area contributed by atoms with Gasteiger partial charge < -0.3 is 15.5 Å². The number of aliphatic hydroxyl groups is 1. The fraction of sp³-hybridized carbons (Fsp3) is 0.833. The lowest BCUT2D eigenvalue weighted by atomic mass is 9.71. The first-order chi connectivity index (χ1) is 8.10. The molecule has 98 valence electrons. The summed E-state index contributed by atoms with van der Waals surface area (Å²) < 4.78 is 0. The second-order valence-corrected chi connectivity index (χ2v) is 4.75. The van der Waals surface area contributed by atoms with Crippen molar-refractivity contribution in [3.05, 3.63) is 0 Å². The van der Waals surface area contributed by atoms with Crippen LogP contribution < -0.4 is 5.32 Å². The third kappa shape index (κ3) is 4.00. The van der Waals surface area contributed by atoms with Gasteiger partial charge >= 0.3 is 5.97 Å². The first kappa shape index (κ1) is 14.0. The number of hydrogen-bond donors (Lipinski definition) is 3. The van der Waals surface area contributed by atoms with Crippen LogP contribution in [0.3, 0.4) is 0 Å². The van der Waals surface area contributed by atoms with Gasteiger partial charge in [-0.25, -0.2) is 0 Å². The van der Waals surface area contributed by atoms with Gasteiger partial charge in [0.15, 0.2) is 0 Å². The summed E-state index contributed by atoms with van der Waals surface area (Å²) in [5, 5.41) is 20.5. The molecule has 0 radical (unpaired) electrons. The van der Waals surface area contributed by atoms with E-state index in [1.807, 2.05) is 0 Å². The number of aliphatic hydroxyl groups excluding tert-OH is 1. The predicted molar refractivity (Wildman–Crippen MR) is 62.5 cm³/mol. The molecule has 0 bridgehead atoms. The number of rotatable bonds is 6. The van der Waals surface area contributed by atoms with Crippen LogP contribution in [-0.2, 0) is 9.59 Å².